The first-order valence-corrected chi connectivity index (χ1v) is 8.75. The summed E-state index contributed by atoms with van der Waals surface area (Å²) < 4.78 is 23.0. The third-order valence-electron chi connectivity index (χ3n) is 3.40. The van der Waals surface area contributed by atoms with E-state index in [0.29, 0.717) is 10.7 Å². The summed E-state index contributed by atoms with van der Waals surface area (Å²) in [4.78, 5) is 12.0. The maximum absolute atomic E-state index is 12.3. The van der Waals surface area contributed by atoms with Crippen LogP contribution in [-0.2, 0) is 10.0 Å². The number of anilines is 1. The summed E-state index contributed by atoms with van der Waals surface area (Å²) in [6.07, 6.45) is -0.483. The van der Waals surface area contributed by atoms with Gasteiger partial charge >= 0.3 is 0 Å². The Hall–Kier alpha value is -1.80. The third kappa shape index (κ3) is 3.13. The third-order valence-corrected chi connectivity index (χ3v) is 5.03. The SMILES string of the molecule is NS(=O)(=O)c1cc2c(cc1Cl)NC(c1ccc(Cl)cc1)NC2=O. The lowest BCUT2D eigenvalue weighted by Crippen LogP contribution is -2.38. The summed E-state index contributed by atoms with van der Waals surface area (Å²) in [7, 11) is -4.02. The van der Waals surface area contributed by atoms with E-state index in [1.807, 2.05) is 0 Å². The van der Waals surface area contributed by atoms with Gasteiger partial charge in [-0.25, -0.2) is 13.6 Å². The molecule has 3 rings (SSSR count). The van der Waals surface area contributed by atoms with Gasteiger partial charge in [0.05, 0.1) is 16.3 Å². The Bertz CT molecular complexity index is 898. The summed E-state index contributed by atoms with van der Waals surface area (Å²) in [6.45, 7) is 0. The molecule has 120 valence electrons. The molecule has 1 aliphatic heterocycles. The lowest BCUT2D eigenvalue weighted by molar-refractivity contribution is 0.0935. The summed E-state index contributed by atoms with van der Waals surface area (Å²) in [5.41, 5.74) is 1.37. The molecule has 1 heterocycles. The van der Waals surface area contributed by atoms with Crippen LogP contribution in [0.5, 0.6) is 0 Å². The van der Waals surface area contributed by atoms with Gasteiger partial charge in [0.2, 0.25) is 10.0 Å². The standard InChI is InChI=1S/C14H11Cl2N3O3S/c15-8-3-1-7(2-4-8)13-18-11-6-10(16)12(23(17,21)22)5-9(11)14(20)19-13/h1-6,13,18H,(H,19,20)(H2,17,21,22). The summed E-state index contributed by atoms with van der Waals surface area (Å²) in [6, 6.07) is 9.48. The fourth-order valence-corrected chi connectivity index (χ4v) is 3.53. The quantitative estimate of drug-likeness (QED) is 0.754. The van der Waals surface area contributed by atoms with Gasteiger partial charge in [-0.15, -0.1) is 0 Å². The molecule has 0 saturated heterocycles. The molecule has 0 fully saturated rings. The lowest BCUT2D eigenvalue weighted by atomic mass is 10.1. The Balaban J connectivity index is 2.02. The van der Waals surface area contributed by atoms with Crippen LogP contribution in [-0.4, -0.2) is 14.3 Å². The molecule has 0 aliphatic carbocycles. The molecule has 1 amide bonds. The van der Waals surface area contributed by atoms with Crippen molar-refractivity contribution in [1.29, 1.82) is 0 Å². The highest BCUT2D eigenvalue weighted by Crippen LogP contribution is 2.33. The molecule has 1 unspecified atom stereocenters. The van der Waals surface area contributed by atoms with E-state index in [9.17, 15) is 13.2 Å². The zero-order chi connectivity index (χ0) is 16.8. The number of hydrogen-bond donors (Lipinski definition) is 3. The monoisotopic (exact) mass is 371 g/mol. The average molecular weight is 372 g/mol. The predicted molar refractivity (Wildman–Crippen MR) is 88.1 cm³/mol. The topological polar surface area (TPSA) is 101 Å². The zero-order valence-electron chi connectivity index (χ0n) is 11.5. The largest absolute Gasteiger partial charge is 0.361 e. The van der Waals surface area contributed by atoms with Crippen molar-refractivity contribution in [3.63, 3.8) is 0 Å². The second-order valence-electron chi connectivity index (χ2n) is 4.98. The fourth-order valence-electron chi connectivity index (χ4n) is 2.30. The summed E-state index contributed by atoms with van der Waals surface area (Å²) in [5.74, 6) is -0.430. The summed E-state index contributed by atoms with van der Waals surface area (Å²) in [5, 5.41) is 11.4. The van der Waals surface area contributed by atoms with Gasteiger partial charge in [-0.05, 0) is 29.8 Å². The second kappa shape index (κ2) is 5.68. The minimum absolute atomic E-state index is 0.0525. The number of fused-ring (bicyclic) bond motifs is 1. The van der Waals surface area contributed by atoms with Gasteiger partial charge < -0.3 is 10.6 Å². The van der Waals surface area contributed by atoms with E-state index in [1.165, 1.54) is 6.07 Å². The second-order valence-corrected chi connectivity index (χ2v) is 7.35. The van der Waals surface area contributed by atoms with Crippen molar-refractivity contribution in [2.75, 3.05) is 5.32 Å². The van der Waals surface area contributed by atoms with Gasteiger partial charge in [0.15, 0.2) is 0 Å². The molecule has 9 heteroatoms. The van der Waals surface area contributed by atoms with Gasteiger partial charge in [0, 0.05) is 5.02 Å². The average Bonchev–Trinajstić information content (AvgIpc) is 2.45. The van der Waals surface area contributed by atoms with E-state index in [1.54, 1.807) is 24.3 Å². The lowest BCUT2D eigenvalue weighted by Gasteiger charge is -2.28. The molecule has 2 aromatic carbocycles. The van der Waals surface area contributed by atoms with Gasteiger partial charge in [0.1, 0.15) is 11.1 Å². The van der Waals surface area contributed by atoms with Crippen LogP contribution >= 0.6 is 23.2 Å². The highest BCUT2D eigenvalue weighted by molar-refractivity contribution is 7.89. The van der Waals surface area contributed by atoms with Crippen molar-refractivity contribution in [2.45, 2.75) is 11.1 Å². The van der Waals surface area contributed by atoms with E-state index < -0.39 is 22.1 Å². The molecule has 23 heavy (non-hydrogen) atoms. The maximum atomic E-state index is 12.3. The first-order chi connectivity index (χ1) is 10.8. The van der Waals surface area contributed by atoms with Crippen molar-refractivity contribution in [2.24, 2.45) is 5.14 Å². The summed E-state index contributed by atoms with van der Waals surface area (Å²) >= 11 is 11.8. The van der Waals surface area contributed by atoms with Crippen molar-refractivity contribution in [3.05, 3.63) is 57.6 Å². The Labute approximate surface area is 142 Å². The number of carbonyl (C=O) groups excluding carboxylic acids is 1. The number of nitrogens with one attached hydrogen (secondary N) is 2. The number of nitrogens with two attached hydrogens (primary N) is 1. The number of hydrogen-bond acceptors (Lipinski definition) is 4. The molecule has 1 aliphatic rings. The van der Waals surface area contributed by atoms with Crippen molar-refractivity contribution >= 4 is 44.8 Å². The van der Waals surface area contributed by atoms with Crippen molar-refractivity contribution < 1.29 is 13.2 Å². The Kier molecular flexibility index (Phi) is 3.97. The van der Waals surface area contributed by atoms with Gasteiger partial charge in [-0.2, -0.15) is 0 Å². The normalized spacial score (nSPS) is 17.2. The van der Waals surface area contributed by atoms with Crippen LogP contribution in [0.15, 0.2) is 41.3 Å². The number of carbonyl (C=O) groups is 1. The van der Waals surface area contributed by atoms with Crippen molar-refractivity contribution in [1.82, 2.24) is 5.32 Å². The predicted octanol–water partition coefficient (Wildman–Crippen LogP) is 2.49. The smallest absolute Gasteiger partial charge is 0.255 e. The molecule has 1 atom stereocenters. The molecule has 4 N–H and O–H groups in total. The molecule has 0 aromatic heterocycles. The van der Waals surface area contributed by atoms with Crippen LogP contribution in [0.2, 0.25) is 10.0 Å². The Morgan fingerprint density at radius 1 is 1.04 bits per heavy atom. The Morgan fingerprint density at radius 3 is 2.30 bits per heavy atom. The maximum Gasteiger partial charge on any atom is 0.255 e. The highest BCUT2D eigenvalue weighted by Gasteiger charge is 2.27. The molecule has 0 bridgehead atoms. The van der Waals surface area contributed by atoms with Crippen LogP contribution in [0.25, 0.3) is 0 Å². The van der Waals surface area contributed by atoms with Crippen LogP contribution in [0.3, 0.4) is 0 Å². The minimum Gasteiger partial charge on any atom is -0.361 e. The molecular formula is C14H11Cl2N3O3S. The van der Waals surface area contributed by atoms with E-state index in [0.717, 1.165) is 11.6 Å². The molecule has 2 aromatic rings. The highest BCUT2D eigenvalue weighted by atomic mass is 35.5. The molecule has 0 saturated carbocycles. The number of primary sulfonamides is 1. The van der Waals surface area contributed by atoms with Crippen LogP contribution in [0.4, 0.5) is 5.69 Å². The van der Waals surface area contributed by atoms with E-state index >= 15 is 0 Å². The van der Waals surface area contributed by atoms with Crippen molar-refractivity contribution in [3.8, 4) is 0 Å². The van der Waals surface area contributed by atoms with E-state index in [4.69, 9.17) is 28.3 Å². The number of benzene rings is 2. The van der Waals surface area contributed by atoms with Gasteiger partial charge in [-0.3, -0.25) is 4.79 Å². The molecule has 0 spiro atoms. The van der Waals surface area contributed by atoms with Gasteiger partial charge in [-0.1, -0.05) is 35.3 Å². The first-order valence-electron chi connectivity index (χ1n) is 6.45. The molecular weight excluding hydrogens is 361 g/mol. The van der Waals surface area contributed by atoms with E-state index in [2.05, 4.69) is 10.6 Å². The first kappa shape index (κ1) is 16.1. The molecule has 6 nitrogen and oxygen atoms in total. The molecule has 0 radical (unpaired) electrons. The van der Waals surface area contributed by atoms with E-state index in [-0.39, 0.29) is 15.5 Å². The number of halogens is 2. The van der Waals surface area contributed by atoms with Crippen LogP contribution in [0, 0.1) is 0 Å². The van der Waals surface area contributed by atoms with Gasteiger partial charge in [0.25, 0.3) is 5.91 Å². The number of rotatable bonds is 2. The Morgan fingerprint density at radius 2 is 1.70 bits per heavy atom. The number of sulfonamides is 1. The minimum atomic E-state index is -4.02. The van der Waals surface area contributed by atoms with Crippen LogP contribution in [0.1, 0.15) is 22.1 Å². The fraction of sp³-hybridized carbons (Fsp3) is 0.0714. The van der Waals surface area contributed by atoms with Crippen LogP contribution < -0.4 is 15.8 Å². The number of amides is 1. The zero-order valence-corrected chi connectivity index (χ0v) is 13.8.